The zero-order valence-corrected chi connectivity index (χ0v) is 59.3. The van der Waals surface area contributed by atoms with Crippen LogP contribution in [0.2, 0.25) is 0 Å². The predicted octanol–water partition coefficient (Wildman–Crippen LogP) is 16.3. The Morgan fingerprint density at radius 2 is 0.469 bits per heavy atom. The molecular formula is C80H110O14P2S2. The summed E-state index contributed by atoms with van der Waals surface area (Å²) in [7, 11) is -2.25. The quantitative estimate of drug-likeness (QED) is 0.0205. The molecule has 536 valence electrons. The Labute approximate surface area is 588 Å². The fourth-order valence-electron chi connectivity index (χ4n) is 13.6. The van der Waals surface area contributed by atoms with Gasteiger partial charge in [-0.05, 0) is 13.8 Å². The van der Waals surface area contributed by atoms with Gasteiger partial charge in [-0.15, -0.1) is 0 Å². The van der Waals surface area contributed by atoms with E-state index in [9.17, 15) is 36.0 Å². The van der Waals surface area contributed by atoms with Crippen molar-refractivity contribution in [3.63, 3.8) is 0 Å². The first-order valence-electron chi connectivity index (χ1n) is 32.6. The molecule has 2 aliphatic rings. The van der Waals surface area contributed by atoms with E-state index in [1.165, 1.54) is 28.4 Å². The molecular weight excluding hydrogens is 1310 g/mol. The molecule has 0 radical (unpaired) electrons. The van der Waals surface area contributed by atoms with E-state index in [1.54, 1.807) is 13.8 Å². The van der Waals surface area contributed by atoms with E-state index >= 15 is 0 Å². The van der Waals surface area contributed by atoms with Crippen LogP contribution in [-0.2, 0) is 66.3 Å². The van der Waals surface area contributed by atoms with Crippen LogP contribution in [-0.4, -0.2) is 93.2 Å². The van der Waals surface area contributed by atoms with E-state index < -0.39 is 33.9 Å². The van der Waals surface area contributed by atoms with Crippen LogP contribution in [0.3, 0.4) is 0 Å². The zero-order valence-electron chi connectivity index (χ0n) is 55.9. The number of unbranched alkanes of at least 4 members (excludes halogenated alkanes) is 14. The number of hydrogen-bond acceptors (Lipinski definition) is 14. The molecule has 2 aliphatic carbocycles. The Hall–Kier alpha value is -7.16. The Kier molecular flexibility index (Phi) is 33.9. The molecule has 0 atom stereocenters. The summed E-state index contributed by atoms with van der Waals surface area (Å²) in [6.45, 7) is -4.51. The van der Waals surface area contributed by atoms with Crippen molar-refractivity contribution in [3.8, 4) is 0 Å². The number of rotatable bonds is 36. The number of Topliss-reactive ketones (excluding diaryl/α,β-unsaturated/α-hetero) is 4. The van der Waals surface area contributed by atoms with Gasteiger partial charge in [0.25, 0.3) is 0 Å². The molecule has 6 aromatic rings. The molecule has 0 saturated heterocycles. The van der Waals surface area contributed by atoms with Crippen LogP contribution in [0.5, 0.6) is 0 Å². The van der Waals surface area contributed by atoms with Gasteiger partial charge in [0.15, 0.2) is 0 Å². The summed E-state index contributed by atoms with van der Waals surface area (Å²) in [5.41, 5.74) is 1.90. The van der Waals surface area contributed by atoms with Gasteiger partial charge in [0.1, 0.15) is 0 Å². The monoisotopic (exact) mass is 1420 g/mol. The number of carbonyl (C=O) groups is 4. The maximum atomic E-state index is 13.2. The molecule has 0 unspecified atom stereocenters. The first kappa shape index (κ1) is 85.1. The van der Waals surface area contributed by atoms with E-state index in [0.717, 1.165) is 147 Å². The molecule has 8 rings (SSSR count). The number of benzene rings is 6. The average Bonchev–Trinajstić information content (AvgIpc) is 0.701. The van der Waals surface area contributed by atoms with Gasteiger partial charge in [-0.1, -0.05) is 29.7 Å². The summed E-state index contributed by atoms with van der Waals surface area (Å²) in [6, 6.07) is 59.3. The summed E-state index contributed by atoms with van der Waals surface area (Å²) >= 11 is 0. The smallest absolute Gasteiger partial charge is 0.285 e. The maximum absolute atomic E-state index is 13.2. The van der Waals surface area contributed by atoms with Gasteiger partial charge in [0.05, 0.1) is 28.4 Å². The van der Waals surface area contributed by atoms with Crippen molar-refractivity contribution in [2.24, 2.45) is 0 Å². The minimum atomic E-state index is -3.93. The third-order valence-corrected chi connectivity index (χ3v) is 33.6. The summed E-state index contributed by atoms with van der Waals surface area (Å²) < 4.78 is 86.6. The molecule has 0 N–H and O–H groups in total. The summed E-state index contributed by atoms with van der Waals surface area (Å²) in [5.74, 6) is -1.18. The van der Waals surface area contributed by atoms with Gasteiger partial charge in [-0.3, -0.25) is 19.2 Å². The minimum absolute atomic E-state index is 0. The molecule has 6 aromatic carbocycles. The van der Waals surface area contributed by atoms with Crippen LogP contribution in [0, 0.1) is 0 Å². The third-order valence-electron chi connectivity index (χ3n) is 18.1. The Bertz CT molecular complexity index is 3460. The third kappa shape index (κ3) is 19.2. The van der Waals surface area contributed by atoms with Gasteiger partial charge < -0.3 is 18.9 Å². The number of ketones is 4. The van der Waals surface area contributed by atoms with E-state index in [4.69, 9.17) is 26.9 Å². The fraction of sp³-hybridized carbons (Fsp3) is 0.400. The van der Waals surface area contributed by atoms with Crippen molar-refractivity contribution in [1.82, 2.24) is 0 Å². The first-order chi connectivity index (χ1) is 45.2. The SMILES string of the molecule is C.C.C.C.COC1=C(OC)C(=O)C(CCCCCCCCCCP(OS(C)(=O)=O)(c2ccccc2)(c2ccccc2)c2ccccc2)=C(C)C1=O.COC1=C(OC)C(=O)C(CCCCCCCCCCP(OS(C)(=O)=O)(c2ccccc2)(c2ccccc2)c2ccccc2)=C(C)C1=O. The average molecular weight is 1420 g/mol. The van der Waals surface area contributed by atoms with Gasteiger partial charge in [-0.2, -0.15) is 0 Å². The molecule has 0 aliphatic heterocycles. The summed E-state index contributed by atoms with van der Waals surface area (Å²) in [5, 5.41) is 5.40. The van der Waals surface area contributed by atoms with E-state index in [2.05, 4.69) is 0 Å². The number of ether oxygens (including phenoxy) is 4. The topological polar surface area (TPSA) is 192 Å². The molecule has 18 heteroatoms. The normalized spacial score (nSPS) is 14.4. The molecule has 0 spiro atoms. The standard InChI is InChI=1S/2C38H47O7PS.4CH4/c2*1-30-34(36(40)38(44-3)37(43-2)35(30)39)28-20-9-7-5-6-8-10-21-29-46(45-47(4,41)42,31-22-14-11-15-23-31,32-24-16-12-17-25-32)33-26-18-13-19-27-33;;;;/h2*11-19,22-27H,5-10,20-21,28-29H2,1-4H3;4*1H4. The number of allylic oxidation sites excluding steroid dienone is 4. The van der Waals surface area contributed by atoms with Gasteiger partial charge >= 0.3 is 447 Å². The summed E-state index contributed by atoms with van der Waals surface area (Å²) in [6.07, 6.45) is 19.8. The van der Waals surface area contributed by atoms with Crippen LogP contribution in [0.15, 0.2) is 227 Å². The molecule has 14 nitrogen and oxygen atoms in total. The van der Waals surface area contributed by atoms with E-state index in [-0.39, 0.29) is 75.9 Å². The Morgan fingerprint density at radius 1 is 0.286 bits per heavy atom. The van der Waals surface area contributed by atoms with Gasteiger partial charge in [-0.25, -0.2) is 0 Å². The predicted molar refractivity (Wildman–Crippen MR) is 409 cm³/mol. The molecule has 0 fully saturated rings. The fourth-order valence-corrected chi connectivity index (χ4v) is 30.8. The van der Waals surface area contributed by atoms with Crippen LogP contribution in [0.1, 0.15) is 159 Å². The van der Waals surface area contributed by atoms with Crippen molar-refractivity contribution in [3.05, 3.63) is 227 Å². The Morgan fingerprint density at radius 3 is 0.663 bits per heavy atom. The van der Waals surface area contributed by atoms with Gasteiger partial charge in [0, 0.05) is 0 Å². The number of carbonyl (C=O) groups excluding carboxylic acids is 4. The molecule has 0 bridgehead atoms. The van der Waals surface area contributed by atoms with E-state index in [1.807, 2.05) is 182 Å². The van der Waals surface area contributed by atoms with E-state index in [0.29, 0.717) is 47.5 Å². The van der Waals surface area contributed by atoms with Crippen LogP contribution in [0.4, 0.5) is 0 Å². The van der Waals surface area contributed by atoms with Gasteiger partial charge in [0.2, 0.25) is 34.6 Å². The van der Waals surface area contributed by atoms with Crippen LogP contribution in [0.25, 0.3) is 0 Å². The van der Waals surface area contributed by atoms with Crippen molar-refractivity contribution < 1.29 is 62.9 Å². The van der Waals surface area contributed by atoms with Crippen molar-refractivity contribution in [2.75, 3.05) is 53.3 Å². The first-order valence-corrected chi connectivity index (χ1v) is 40.9. The molecule has 98 heavy (non-hydrogen) atoms. The second kappa shape index (κ2) is 39.0. The van der Waals surface area contributed by atoms with Crippen LogP contribution < -0.4 is 31.8 Å². The molecule has 0 saturated carbocycles. The van der Waals surface area contributed by atoms with Crippen molar-refractivity contribution in [1.29, 1.82) is 0 Å². The second-order valence-corrected chi connectivity index (χ2v) is 37.1. The Balaban J connectivity index is 0.000000490. The second-order valence-electron chi connectivity index (χ2n) is 24.3. The molecule has 0 heterocycles. The van der Waals surface area contributed by atoms with Crippen molar-refractivity contribution in [2.45, 2.75) is 159 Å². The minimum Gasteiger partial charge on any atom is -0.285 e. The summed E-state index contributed by atoms with van der Waals surface area (Å²) in [4.78, 5) is 51.0. The molecule has 0 amide bonds. The number of methoxy groups -OCH3 is 4. The number of hydrogen-bond donors (Lipinski definition) is 0. The van der Waals surface area contributed by atoms with Crippen LogP contribution >= 0.6 is 13.7 Å². The zero-order chi connectivity index (χ0) is 67.9. The molecule has 0 aromatic heterocycles. The van der Waals surface area contributed by atoms with Crippen molar-refractivity contribution >= 4 is 88.9 Å².